The molecule has 1 amide bonds. The molecule has 0 bridgehead atoms. The number of piperidine rings is 1. The first kappa shape index (κ1) is 17.2. The average Bonchev–Trinajstić information content (AvgIpc) is 2.44. The Balaban J connectivity index is 2.17. The second kappa shape index (κ2) is 6.95. The van der Waals surface area contributed by atoms with Crippen LogP contribution in [0.4, 0.5) is 0 Å². The largest absolute Gasteiger partial charge is 0.334 e. The van der Waals surface area contributed by atoms with Crippen LogP contribution in [0.1, 0.15) is 35.2 Å². The molecule has 1 aromatic carbocycles. The van der Waals surface area contributed by atoms with Crippen molar-refractivity contribution in [3.63, 3.8) is 0 Å². The fraction of sp³-hybridized carbons (Fsp3) is 0.500. The molecule has 6 nitrogen and oxygen atoms in total. The fourth-order valence-electron chi connectivity index (χ4n) is 2.64. The molecule has 122 valence electrons. The predicted octanol–water partition coefficient (Wildman–Crippen LogP) is 1.44. The summed E-state index contributed by atoms with van der Waals surface area (Å²) in [5, 5.41) is 5.37. The Morgan fingerprint density at radius 2 is 2.18 bits per heavy atom. The number of amides is 1. The second-order valence-electron chi connectivity index (χ2n) is 5.52. The maximum Gasteiger partial charge on any atom is 0.274 e. The molecule has 22 heavy (non-hydrogen) atoms. The third kappa shape index (κ3) is 4.42. The van der Waals surface area contributed by atoms with Crippen LogP contribution >= 0.6 is 11.6 Å². The number of carbonyl (C=O) groups excluding carboxylic acids is 1. The highest BCUT2D eigenvalue weighted by atomic mass is 35.5. The summed E-state index contributed by atoms with van der Waals surface area (Å²) in [5.74, 6) is -0.175. The van der Waals surface area contributed by atoms with Crippen molar-refractivity contribution in [3.8, 4) is 0 Å². The number of hydrogen-bond acceptors (Lipinski definition) is 3. The molecule has 1 aromatic rings. The monoisotopic (exact) mass is 345 g/mol. The first-order valence-electron chi connectivity index (χ1n) is 7.12. The average molecular weight is 346 g/mol. The summed E-state index contributed by atoms with van der Waals surface area (Å²) in [5.41, 5.74) is 1.42. The van der Waals surface area contributed by atoms with Crippen molar-refractivity contribution in [2.75, 3.05) is 13.1 Å². The molecular weight excluding hydrogens is 326 g/mol. The minimum absolute atomic E-state index is 0.119. The number of nitrogens with one attached hydrogen (secondary N) is 1. The van der Waals surface area contributed by atoms with E-state index < -0.39 is 10.2 Å². The maximum absolute atomic E-state index is 12.7. The Morgan fingerprint density at radius 3 is 2.82 bits per heavy atom. The van der Waals surface area contributed by atoms with Crippen LogP contribution in [-0.2, 0) is 10.2 Å². The molecule has 0 saturated carbocycles. The quantitative estimate of drug-likeness (QED) is 0.864. The number of rotatable bonds is 4. The smallest absolute Gasteiger partial charge is 0.274 e. The van der Waals surface area contributed by atoms with Crippen LogP contribution in [0.25, 0.3) is 0 Å². The Hall–Kier alpha value is -1.15. The fourth-order valence-corrected chi connectivity index (χ4v) is 3.38. The zero-order valence-electron chi connectivity index (χ0n) is 12.4. The zero-order valence-corrected chi connectivity index (χ0v) is 14.0. The van der Waals surface area contributed by atoms with Crippen molar-refractivity contribution < 1.29 is 13.2 Å². The molecule has 2 rings (SSSR count). The van der Waals surface area contributed by atoms with Gasteiger partial charge in [-0.05, 0) is 43.9 Å². The number of nitrogens with two attached hydrogens (primary N) is 1. The first-order chi connectivity index (χ1) is 10.3. The highest BCUT2D eigenvalue weighted by Crippen LogP contribution is 2.24. The van der Waals surface area contributed by atoms with Gasteiger partial charge in [0, 0.05) is 19.1 Å². The van der Waals surface area contributed by atoms with Crippen LogP contribution in [0.15, 0.2) is 18.2 Å². The summed E-state index contributed by atoms with van der Waals surface area (Å²) in [6.07, 6.45) is 2.57. The number of halogens is 1. The SMILES string of the molecule is Cc1ccc(C(=O)N2CCCC[C@H]2CNS(N)(=O)=O)c(Cl)c1. The summed E-state index contributed by atoms with van der Waals surface area (Å²) in [7, 11) is -3.77. The Morgan fingerprint density at radius 1 is 1.45 bits per heavy atom. The first-order valence-corrected chi connectivity index (χ1v) is 9.05. The normalized spacial score (nSPS) is 19.2. The highest BCUT2D eigenvalue weighted by molar-refractivity contribution is 7.87. The molecular formula is C14H20ClN3O3S. The van der Waals surface area contributed by atoms with Gasteiger partial charge in [0.05, 0.1) is 10.6 Å². The van der Waals surface area contributed by atoms with E-state index in [2.05, 4.69) is 4.72 Å². The van der Waals surface area contributed by atoms with Crippen LogP contribution in [0.5, 0.6) is 0 Å². The third-order valence-electron chi connectivity index (χ3n) is 3.76. The van der Waals surface area contributed by atoms with E-state index >= 15 is 0 Å². The summed E-state index contributed by atoms with van der Waals surface area (Å²) in [6.45, 7) is 2.61. The van der Waals surface area contributed by atoms with E-state index in [9.17, 15) is 13.2 Å². The number of likely N-dealkylation sites (tertiary alicyclic amines) is 1. The van der Waals surface area contributed by atoms with Gasteiger partial charge < -0.3 is 4.90 Å². The molecule has 0 aromatic heterocycles. The van der Waals surface area contributed by atoms with Gasteiger partial charge in [0.25, 0.3) is 16.1 Å². The number of benzene rings is 1. The van der Waals surface area contributed by atoms with E-state index in [0.29, 0.717) is 17.1 Å². The van der Waals surface area contributed by atoms with Gasteiger partial charge in [0.2, 0.25) is 0 Å². The van der Waals surface area contributed by atoms with E-state index in [1.807, 2.05) is 13.0 Å². The molecule has 1 heterocycles. The number of hydrogen-bond donors (Lipinski definition) is 2. The second-order valence-corrected chi connectivity index (χ2v) is 7.31. The van der Waals surface area contributed by atoms with Crippen molar-refractivity contribution in [2.45, 2.75) is 32.2 Å². The maximum atomic E-state index is 12.7. The molecule has 0 spiro atoms. The summed E-state index contributed by atoms with van der Waals surface area (Å²) in [4.78, 5) is 14.4. The third-order valence-corrected chi connectivity index (χ3v) is 4.64. The van der Waals surface area contributed by atoms with Gasteiger partial charge in [0.1, 0.15) is 0 Å². The Labute approximate surface area is 135 Å². The van der Waals surface area contributed by atoms with Gasteiger partial charge in [-0.1, -0.05) is 17.7 Å². The summed E-state index contributed by atoms with van der Waals surface area (Å²) in [6, 6.07) is 5.08. The topological polar surface area (TPSA) is 92.5 Å². The zero-order chi connectivity index (χ0) is 16.3. The highest BCUT2D eigenvalue weighted by Gasteiger charge is 2.29. The van der Waals surface area contributed by atoms with Gasteiger partial charge in [-0.2, -0.15) is 8.42 Å². The molecule has 0 radical (unpaired) electrons. The lowest BCUT2D eigenvalue weighted by atomic mass is 10.0. The van der Waals surface area contributed by atoms with Crippen LogP contribution < -0.4 is 9.86 Å². The van der Waals surface area contributed by atoms with Crippen molar-refractivity contribution in [3.05, 3.63) is 34.3 Å². The van der Waals surface area contributed by atoms with E-state index in [-0.39, 0.29) is 18.5 Å². The lowest BCUT2D eigenvalue weighted by Gasteiger charge is -2.36. The van der Waals surface area contributed by atoms with E-state index in [4.69, 9.17) is 16.7 Å². The summed E-state index contributed by atoms with van der Waals surface area (Å²) >= 11 is 6.16. The Kier molecular flexibility index (Phi) is 5.44. The number of carbonyl (C=O) groups is 1. The minimum Gasteiger partial charge on any atom is -0.334 e. The predicted molar refractivity (Wildman–Crippen MR) is 86.0 cm³/mol. The van der Waals surface area contributed by atoms with Crippen LogP contribution in [-0.4, -0.2) is 38.4 Å². The molecule has 8 heteroatoms. The molecule has 0 aliphatic carbocycles. The Bertz CT molecular complexity index is 663. The van der Waals surface area contributed by atoms with Gasteiger partial charge >= 0.3 is 0 Å². The van der Waals surface area contributed by atoms with E-state index in [1.165, 1.54) is 0 Å². The molecule has 0 unspecified atom stereocenters. The van der Waals surface area contributed by atoms with Gasteiger partial charge in [-0.3, -0.25) is 4.79 Å². The van der Waals surface area contributed by atoms with Crippen molar-refractivity contribution in [2.24, 2.45) is 5.14 Å². The molecule has 1 aliphatic rings. The van der Waals surface area contributed by atoms with Crippen LogP contribution in [0, 0.1) is 6.92 Å². The van der Waals surface area contributed by atoms with E-state index in [0.717, 1.165) is 24.8 Å². The van der Waals surface area contributed by atoms with Gasteiger partial charge in [-0.25, -0.2) is 9.86 Å². The summed E-state index contributed by atoms with van der Waals surface area (Å²) < 4.78 is 24.4. The van der Waals surface area contributed by atoms with Crippen LogP contribution in [0.3, 0.4) is 0 Å². The number of aryl methyl sites for hydroxylation is 1. The molecule has 1 aliphatic heterocycles. The van der Waals surface area contributed by atoms with Gasteiger partial charge in [0.15, 0.2) is 0 Å². The van der Waals surface area contributed by atoms with Crippen molar-refractivity contribution in [1.29, 1.82) is 0 Å². The lowest BCUT2D eigenvalue weighted by molar-refractivity contribution is 0.0619. The number of nitrogens with zero attached hydrogens (tertiary/aromatic N) is 1. The van der Waals surface area contributed by atoms with Crippen molar-refractivity contribution >= 4 is 27.7 Å². The van der Waals surface area contributed by atoms with Crippen LogP contribution in [0.2, 0.25) is 5.02 Å². The lowest BCUT2D eigenvalue weighted by Crippen LogP contribution is -2.50. The molecule has 1 saturated heterocycles. The molecule has 1 fully saturated rings. The minimum atomic E-state index is -3.77. The molecule has 1 atom stereocenters. The van der Waals surface area contributed by atoms with Crippen molar-refractivity contribution in [1.82, 2.24) is 9.62 Å². The van der Waals surface area contributed by atoms with E-state index in [1.54, 1.807) is 17.0 Å². The standard InChI is InChI=1S/C14H20ClN3O3S/c1-10-5-6-12(13(15)8-10)14(19)18-7-3-2-4-11(18)9-17-22(16,20)21/h5-6,8,11,17H,2-4,7,9H2,1H3,(H2,16,20,21)/t11-/m0/s1. The van der Waals surface area contributed by atoms with Gasteiger partial charge in [-0.15, -0.1) is 0 Å². The molecule has 3 N–H and O–H groups in total.